The third-order valence-electron chi connectivity index (χ3n) is 14.9. The number of allylic oxidation sites excluding steroid dienone is 3. The molecule has 6 heteroatoms. The molecule has 2 N–H and O–H groups in total. The number of benzene rings is 1. The molecule has 1 aromatic carbocycles. The van der Waals surface area contributed by atoms with E-state index in [1.807, 2.05) is 25.1 Å². The van der Waals surface area contributed by atoms with Crippen LogP contribution in [-0.4, -0.2) is 48.7 Å². The summed E-state index contributed by atoms with van der Waals surface area (Å²) in [4.78, 5) is 13.2. The second kappa shape index (κ2) is 9.81. The van der Waals surface area contributed by atoms with Crippen LogP contribution in [0.25, 0.3) is 0 Å². The van der Waals surface area contributed by atoms with Crippen molar-refractivity contribution in [2.24, 2.45) is 50.7 Å². The fraction of sp³-hybridized carbons (Fsp3) is 0.667. The summed E-state index contributed by atoms with van der Waals surface area (Å²) in [5, 5.41) is 21.9. The zero-order valence-corrected chi connectivity index (χ0v) is 27.6. The number of methoxy groups -OCH3 is 1. The maximum atomic E-state index is 13.2. The van der Waals surface area contributed by atoms with Crippen molar-refractivity contribution in [3.63, 3.8) is 0 Å². The molecule has 2 saturated heterocycles. The third-order valence-corrected chi connectivity index (χ3v) is 14.9. The van der Waals surface area contributed by atoms with E-state index in [-0.39, 0.29) is 69.6 Å². The molecule has 0 spiro atoms. The summed E-state index contributed by atoms with van der Waals surface area (Å²) in [6.07, 6.45) is 15.4. The normalized spacial score (nSPS) is 49.6. The fourth-order valence-corrected chi connectivity index (χ4v) is 12.5. The monoisotopic (exact) mass is 614 g/mol. The highest BCUT2D eigenvalue weighted by Gasteiger charge is 2.84. The molecule has 2 heterocycles. The Balaban J connectivity index is 1.09. The Morgan fingerprint density at radius 2 is 1.93 bits per heavy atom. The number of fused-ring (bicyclic) bond motifs is 5. The van der Waals surface area contributed by atoms with Gasteiger partial charge in [-0.25, -0.2) is 0 Å². The molecule has 45 heavy (non-hydrogen) atoms. The number of cyclic esters (lactones) is 1. The summed E-state index contributed by atoms with van der Waals surface area (Å²) in [7, 11) is 1.70. The van der Waals surface area contributed by atoms with Gasteiger partial charge in [0.25, 0.3) is 0 Å². The number of esters is 1. The van der Waals surface area contributed by atoms with E-state index in [0.29, 0.717) is 18.9 Å². The largest absolute Gasteiger partial charge is 0.497 e. The van der Waals surface area contributed by atoms with Gasteiger partial charge in [0.1, 0.15) is 11.9 Å². The molecule has 242 valence electrons. The first-order chi connectivity index (χ1) is 21.5. The van der Waals surface area contributed by atoms with Gasteiger partial charge in [-0.15, -0.1) is 0 Å². The summed E-state index contributed by atoms with van der Waals surface area (Å²) in [6.45, 7) is 9.83. The zero-order chi connectivity index (χ0) is 31.6. The Morgan fingerprint density at radius 3 is 2.67 bits per heavy atom. The first-order valence-corrected chi connectivity index (χ1v) is 17.3. The van der Waals surface area contributed by atoms with E-state index in [4.69, 9.17) is 14.2 Å². The van der Waals surface area contributed by atoms with E-state index >= 15 is 0 Å². The van der Waals surface area contributed by atoms with Gasteiger partial charge < -0.3 is 24.4 Å². The van der Waals surface area contributed by atoms with Crippen molar-refractivity contribution in [3.8, 4) is 5.75 Å². The van der Waals surface area contributed by atoms with Crippen LogP contribution < -0.4 is 4.74 Å². The van der Waals surface area contributed by atoms with E-state index in [1.54, 1.807) is 7.11 Å². The van der Waals surface area contributed by atoms with Crippen molar-refractivity contribution in [2.75, 3.05) is 20.3 Å². The van der Waals surface area contributed by atoms with Gasteiger partial charge in [-0.05, 0) is 109 Å². The maximum absolute atomic E-state index is 13.2. The molecule has 0 aromatic heterocycles. The van der Waals surface area contributed by atoms with Gasteiger partial charge in [-0.2, -0.15) is 0 Å². The van der Waals surface area contributed by atoms with Gasteiger partial charge in [0.15, 0.2) is 0 Å². The fourth-order valence-electron chi connectivity index (χ4n) is 12.5. The van der Waals surface area contributed by atoms with Gasteiger partial charge in [0, 0.05) is 17.3 Å². The van der Waals surface area contributed by atoms with Gasteiger partial charge in [-0.1, -0.05) is 56.7 Å². The topological polar surface area (TPSA) is 85.2 Å². The predicted octanol–water partition coefficient (Wildman–Crippen LogP) is 6.73. The second-order valence-electron chi connectivity index (χ2n) is 16.5. The minimum atomic E-state index is -0.403. The van der Waals surface area contributed by atoms with Crippen LogP contribution in [0.1, 0.15) is 84.3 Å². The van der Waals surface area contributed by atoms with Crippen LogP contribution >= 0.6 is 0 Å². The van der Waals surface area contributed by atoms with E-state index in [0.717, 1.165) is 49.8 Å². The van der Waals surface area contributed by atoms with Crippen LogP contribution in [0.4, 0.5) is 0 Å². The van der Waals surface area contributed by atoms with Crippen molar-refractivity contribution in [2.45, 2.75) is 91.0 Å². The van der Waals surface area contributed by atoms with Crippen LogP contribution in [0.15, 0.2) is 59.7 Å². The first kappa shape index (κ1) is 30.0. The van der Waals surface area contributed by atoms with Crippen molar-refractivity contribution in [3.05, 3.63) is 65.3 Å². The SMILES string of the molecule is COc1ccc([C@@H]2CC3=CC[C@]4(C)[C@H]5C=C[C@]67C[C@]6(CC[C@H]7[C@@H]6C[C@H](C=C(C)CO)OC6=O)[C@]5(C)[C@H](O)C[C@H]4[C@@]3(C)CO2)cc1. The van der Waals surface area contributed by atoms with Crippen LogP contribution in [0.3, 0.4) is 0 Å². The van der Waals surface area contributed by atoms with Crippen molar-refractivity contribution < 1.29 is 29.2 Å². The summed E-state index contributed by atoms with van der Waals surface area (Å²) < 4.78 is 17.9. The zero-order valence-electron chi connectivity index (χ0n) is 27.6. The highest BCUT2D eigenvalue weighted by molar-refractivity contribution is 5.76. The van der Waals surface area contributed by atoms with Crippen LogP contribution in [-0.2, 0) is 14.3 Å². The number of rotatable bonds is 5. The molecule has 0 bridgehead atoms. The number of carbonyl (C=O) groups excluding carboxylic acids is 1. The molecule has 0 radical (unpaired) electrons. The molecule has 7 aliphatic rings. The first-order valence-electron chi connectivity index (χ1n) is 17.3. The maximum Gasteiger partial charge on any atom is 0.309 e. The average Bonchev–Trinajstić information content (AvgIpc) is 3.43. The average molecular weight is 615 g/mol. The Labute approximate surface area is 267 Å². The van der Waals surface area contributed by atoms with Crippen molar-refractivity contribution in [1.29, 1.82) is 0 Å². The lowest BCUT2D eigenvalue weighted by Gasteiger charge is -2.67. The number of aliphatic hydroxyl groups is 2. The number of ether oxygens (including phenoxy) is 3. The quantitative estimate of drug-likeness (QED) is 0.283. The van der Waals surface area contributed by atoms with E-state index in [9.17, 15) is 15.0 Å². The Bertz CT molecular complexity index is 1490. The number of hydrogen-bond donors (Lipinski definition) is 2. The summed E-state index contributed by atoms with van der Waals surface area (Å²) in [5.74, 6) is 1.50. The smallest absolute Gasteiger partial charge is 0.309 e. The molecular formula is C39H50O6. The summed E-state index contributed by atoms with van der Waals surface area (Å²) in [6, 6.07) is 8.27. The number of aliphatic hydroxyl groups excluding tert-OH is 2. The van der Waals surface area contributed by atoms with E-state index in [1.165, 1.54) is 11.1 Å². The Kier molecular flexibility index (Phi) is 6.53. The lowest BCUT2D eigenvalue weighted by atomic mass is 9.38. The van der Waals surface area contributed by atoms with Crippen molar-refractivity contribution >= 4 is 5.97 Å². The highest BCUT2D eigenvalue weighted by Crippen LogP contribution is 2.89. The molecular weight excluding hydrogens is 564 g/mol. The van der Waals surface area contributed by atoms with E-state index < -0.39 is 6.10 Å². The molecule has 5 aliphatic carbocycles. The van der Waals surface area contributed by atoms with Crippen LogP contribution in [0, 0.1) is 50.7 Å². The molecule has 2 aliphatic heterocycles. The molecule has 8 rings (SSSR count). The molecule has 1 aromatic rings. The molecule has 3 saturated carbocycles. The van der Waals surface area contributed by atoms with Gasteiger partial charge in [0.05, 0.1) is 38.4 Å². The van der Waals surface area contributed by atoms with Gasteiger partial charge in [-0.3, -0.25) is 4.79 Å². The van der Waals surface area contributed by atoms with Crippen molar-refractivity contribution in [1.82, 2.24) is 0 Å². The van der Waals surface area contributed by atoms with Gasteiger partial charge >= 0.3 is 5.97 Å². The molecule has 12 atom stereocenters. The molecule has 5 fully saturated rings. The standard InChI is InChI=1S/C39H50O6/c1-23(20-40)16-27-18-28(34(42)45-27)29-11-15-39-21-38(29,39)14-12-31-35(2)13-10-25-17-30(24-6-8-26(43-5)9-7-24)44-22-36(25,3)32(35)19-33(41)37(31,39)4/h6-10,12,14,16,27-33,40-41H,11,13,15,17-22H2,1-5H3/t27-,28-,29-,30-,31+,32+,33+,35+,36-,37-,38+,39+/m0/s1. The number of hydrogen-bond acceptors (Lipinski definition) is 6. The van der Waals surface area contributed by atoms with Crippen LogP contribution in [0.2, 0.25) is 0 Å². The molecule has 6 nitrogen and oxygen atoms in total. The summed E-state index contributed by atoms with van der Waals surface area (Å²) in [5.41, 5.74) is 3.20. The Hall–Kier alpha value is -2.41. The minimum Gasteiger partial charge on any atom is -0.497 e. The third kappa shape index (κ3) is 3.76. The lowest BCUT2D eigenvalue weighted by molar-refractivity contribution is -0.199. The second-order valence-corrected chi connectivity index (χ2v) is 16.5. The molecule has 0 unspecified atom stereocenters. The predicted molar refractivity (Wildman–Crippen MR) is 171 cm³/mol. The number of carbonyl (C=O) groups is 1. The van der Waals surface area contributed by atoms with E-state index in [2.05, 4.69) is 51.1 Å². The Morgan fingerprint density at radius 1 is 1.16 bits per heavy atom. The minimum absolute atomic E-state index is 0.0135. The summed E-state index contributed by atoms with van der Waals surface area (Å²) >= 11 is 0. The highest BCUT2D eigenvalue weighted by atomic mass is 16.6. The van der Waals surface area contributed by atoms with Crippen LogP contribution in [0.5, 0.6) is 5.75 Å². The lowest BCUT2D eigenvalue weighted by Crippen LogP contribution is -2.64. The molecule has 0 amide bonds. The van der Waals surface area contributed by atoms with Gasteiger partial charge in [0.2, 0.25) is 0 Å².